The first-order valence-electron chi connectivity index (χ1n) is 15.7. The van der Waals surface area contributed by atoms with Crippen molar-refractivity contribution in [3.63, 3.8) is 0 Å². The molecule has 1 aliphatic carbocycles. The van der Waals surface area contributed by atoms with Crippen LogP contribution < -0.4 is 21.3 Å². The zero-order valence-corrected chi connectivity index (χ0v) is 25.1. The maximum Gasteiger partial charge on any atom is 0.271 e. The van der Waals surface area contributed by atoms with E-state index in [9.17, 15) is 9.90 Å². The smallest absolute Gasteiger partial charge is 0.271 e. The van der Waals surface area contributed by atoms with E-state index < -0.39 is 5.91 Å². The fourth-order valence-electron chi connectivity index (χ4n) is 6.65. The van der Waals surface area contributed by atoms with Crippen LogP contribution in [0.4, 0.5) is 23.0 Å². The van der Waals surface area contributed by atoms with Crippen molar-refractivity contribution in [2.45, 2.75) is 56.7 Å². The minimum Gasteiger partial charge on any atom is -0.393 e. The van der Waals surface area contributed by atoms with Gasteiger partial charge in [0.2, 0.25) is 0 Å². The highest BCUT2D eigenvalue weighted by Crippen LogP contribution is 2.32. The summed E-state index contributed by atoms with van der Waals surface area (Å²) in [5.41, 5.74) is 9.30. The number of nitrogens with zero attached hydrogens (tertiary/aromatic N) is 5. The number of carbonyl (C=O) groups excluding carboxylic acids is 1. The van der Waals surface area contributed by atoms with Crippen molar-refractivity contribution in [3.05, 3.63) is 60.3 Å². The second-order valence-electron chi connectivity index (χ2n) is 12.2. The van der Waals surface area contributed by atoms with Crippen LogP contribution in [-0.2, 0) is 0 Å². The van der Waals surface area contributed by atoms with Gasteiger partial charge in [-0.05, 0) is 69.8 Å². The highest BCUT2D eigenvalue weighted by atomic mass is 16.3. The van der Waals surface area contributed by atoms with Gasteiger partial charge >= 0.3 is 0 Å². The van der Waals surface area contributed by atoms with Crippen molar-refractivity contribution in [2.24, 2.45) is 5.73 Å². The van der Waals surface area contributed by atoms with E-state index in [2.05, 4.69) is 44.5 Å². The van der Waals surface area contributed by atoms with Crippen LogP contribution in [0.25, 0.3) is 11.3 Å². The van der Waals surface area contributed by atoms with Crippen molar-refractivity contribution in [3.8, 4) is 11.3 Å². The zero-order chi connectivity index (χ0) is 29.8. The lowest BCUT2D eigenvalue weighted by Crippen LogP contribution is -2.52. The molecular weight excluding hydrogens is 540 g/mol. The maximum absolute atomic E-state index is 12.6. The Kier molecular flexibility index (Phi) is 9.06. The number of likely N-dealkylation sites (N-methyl/N-ethyl adjacent to an activating group) is 1. The zero-order valence-electron chi connectivity index (χ0n) is 25.1. The summed E-state index contributed by atoms with van der Waals surface area (Å²) in [5.74, 6) is 0.232. The van der Waals surface area contributed by atoms with E-state index in [0.29, 0.717) is 29.8 Å². The molecule has 2 saturated heterocycles. The van der Waals surface area contributed by atoms with Crippen LogP contribution in [0.5, 0.6) is 0 Å². The number of hydrogen-bond acceptors (Lipinski definition) is 9. The number of hydrogen-bond donors (Lipinski definition) is 4. The Labute approximate surface area is 254 Å². The molecule has 43 heavy (non-hydrogen) atoms. The molecule has 10 nitrogen and oxygen atoms in total. The first-order chi connectivity index (χ1) is 20.9. The van der Waals surface area contributed by atoms with Gasteiger partial charge in [-0.2, -0.15) is 0 Å². The highest BCUT2D eigenvalue weighted by Gasteiger charge is 2.27. The monoisotopic (exact) mass is 584 g/mol. The van der Waals surface area contributed by atoms with Gasteiger partial charge in [-0.1, -0.05) is 30.3 Å². The van der Waals surface area contributed by atoms with Gasteiger partial charge in [-0.15, -0.1) is 0 Å². The lowest BCUT2D eigenvalue weighted by Gasteiger charge is -2.42. The average Bonchev–Trinajstić information content (AvgIpc) is 3.02. The molecule has 10 heteroatoms. The molecule has 0 bridgehead atoms. The molecular formula is C33H44N8O2. The van der Waals surface area contributed by atoms with Crippen LogP contribution >= 0.6 is 0 Å². The Morgan fingerprint density at radius 3 is 2.28 bits per heavy atom. The topological polar surface area (TPSA) is 123 Å². The summed E-state index contributed by atoms with van der Waals surface area (Å²) >= 11 is 0. The van der Waals surface area contributed by atoms with E-state index in [1.807, 2.05) is 42.5 Å². The molecule has 5 N–H and O–H groups in total. The predicted molar refractivity (Wildman–Crippen MR) is 172 cm³/mol. The molecule has 3 aliphatic rings. The third-order valence-electron chi connectivity index (χ3n) is 9.18. The summed E-state index contributed by atoms with van der Waals surface area (Å²) in [6.45, 7) is 6.76. The van der Waals surface area contributed by atoms with Crippen molar-refractivity contribution in [1.82, 2.24) is 19.8 Å². The van der Waals surface area contributed by atoms with Gasteiger partial charge in [-0.25, -0.2) is 9.97 Å². The molecule has 2 aliphatic heterocycles. The van der Waals surface area contributed by atoms with E-state index in [-0.39, 0.29) is 17.8 Å². The molecule has 3 heterocycles. The van der Waals surface area contributed by atoms with E-state index in [1.54, 1.807) is 0 Å². The number of piperidine rings is 1. The number of nitrogens with two attached hydrogens (primary N) is 1. The van der Waals surface area contributed by atoms with Gasteiger partial charge in [0.1, 0.15) is 5.69 Å². The van der Waals surface area contributed by atoms with Crippen LogP contribution in [0.1, 0.15) is 49.0 Å². The Morgan fingerprint density at radius 1 is 0.884 bits per heavy atom. The number of rotatable bonds is 8. The van der Waals surface area contributed by atoms with Gasteiger partial charge in [0.25, 0.3) is 5.91 Å². The minimum absolute atomic E-state index is 0.0625. The highest BCUT2D eigenvalue weighted by molar-refractivity contribution is 5.97. The number of primary amides is 1. The Hall–Kier alpha value is -3.73. The van der Waals surface area contributed by atoms with Crippen LogP contribution in [0.15, 0.2) is 54.6 Å². The normalized spacial score (nSPS) is 22.3. The fourth-order valence-corrected chi connectivity index (χ4v) is 6.65. The minimum atomic E-state index is -0.647. The fraction of sp³-hybridized carbons (Fsp3) is 0.485. The van der Waals surface area contributed by atoms with E-state index in [4.69, 9.17) is 15.7 Å². The number of benzene rings is 2. The molecule has 228 valence electrons. The third kappa shape index (κ3) is 7.09. The second-order valence-corrected chi connectivity index (χ2v) is 12.2. The van der Waals surface area contributed by atoms with Crippen LogP contribution in [-0.4, -0.2) is 95.3 Å². The van der Waals surface area contributed by atoms with Gasteiger partial charge in [0.05, 0.1) is 6.10 Å². The SMILES string of the molecule is CN1CCN(C2CCN(c3ccc(Nc4nc(NC5CCCC(O)C5)c(-c5ccccc5)nc4C(N)=O)cc3)CC2)CC1. The maximum atomic E-state index is 12.6. The molecule has 1 amide bonds. The molecule has 3 aromatic rings. The lowest BCUT2D eigenvalue weighted by molar-refractivity contribution is 0.0982. The number of carbonyl (C=O) groups is 1. The number of anilines is 4. The summed E-state index contributed by atoms with van der Waals surface area (Å²) in [7, 11) is 2.21. The Balaban J connectivity index is 1.18. The van der Waals surface area contributed by atoms with Crippen molar-refractivity contribution in [1.29, 1.82) is 0 Å². The van der Waals surface area contributed by atoms with Crippen molar-refractivity contribution >= 4 is 28.9 Å². The molecule has 1 aromatic heterocycles. The van der Waals surface area contributed by atoms with Crippen molar-refractivity contribution in [2.75, 3.05) is 61.8 Å². The summed E-state index contributed by atoms with van der Waals surface area (Å²) in [6.07, 6.45) is 5.36. The molecule has 0 spiro atoms. The average molecular weight is 585 g/mol. The molecule has 2 unspecified atom stereocenters. The molecule has 1 saturated carbocycles. The summed E-state index contributed by atoms with van der Waals surface area (Å²) < 4.78 is 0. The van der Waals surface area contributed by atoms with Crippen LogP contribution in [0.2, 0.25) is 0 Å². The molecule has 2 aromatic carbocycles. The first kappa shape index (κ1) is 29.3. The van der Waals surface area contributed by atoms with Gasteiger partial charge in [-0.3, -0.25) is 9.69 Å². The summed E-state index contributed by atoms with van der Waals surface area (Å²) in [5, 5.41) is 17.1. The van der Waals surface area contributed by atoms with Crippen molar-refractivity contribution < 1.29 is 9.90 Å². The van der Waals surface area contributed by atoms with Gasteiger partial charge in [0, 0.05) is 68.3 Å². The van der Waals surface area contributed by atoms with E-state index in [1.165, 1.54) is 31.6 Å². The van der Waals surface area contributed by atoms with Crippen LogP contribution in [0, 0.1) is 0 Å². The van der Waals surface area contributed by atoms with E-state index in [0.717, 1.165) is 56.7 Å². The summed E-state index contributed by atoms with van der Waals surface area (Å²) in [6, 6.07) is 18.7. The molecule has 6 rings (SSSR count). The molecule has 2 atom stereocenters. The summed E-state index contributed by atoms with van der Waals surface area (Å²) in [4.78, 5) is 29.7. The number of aliphatic hydroxyl groups is 1. The first-order valence-corrected chi connectivity index (χ1v) is 15.7. The Bertz CT molecular complexity index is 1370. The number of nitrogens with one attached hydrogen (secondary N) is 2. The number of piperazine rings is 1. The largest absolute Gasteiger partial charge is 0.393 e. The molecule has 3 fully saturated rings. The third-order valence-corrected chi connectivity index (χ3v) is 9.18. The molecule has 0 radical (unpaired) electrons. The van der Waals surface area contributed by atoms with Crippen LogP contribution in [0.3, 0.4) is 0 Å². The van der Waals surface area contributed by atoms with Gasteiger partial charge < -0.3 is 31.3 Å². The second kappa shape index (κ2) is 13.3. The van der Waals surface area contributed by atoms with Gasteiger partial charge in [0.15, 0.2) is 17.3 Å². The number of amides is 1. The Morgan fingerprint density at radius 2 is 1.60 bits per heavy atom. The predicted octanol–water partition coefficient (Wildman–Crippen LogP) is 3.92. The van der Waals surface area contributed by atoms with E-state index >= 15 is 0 Å². The quantitative estimate of drug-likeness (QED) is 0.312. The number of aliphatic hydroxyl groups excluding tert-OH is 1. The number of aromatic nitrogens is 2. The lowest BCUT2D eigenvalue weighted by atomic mass is 9.93. The standard InChI is InChI=1S/C33H44N8O2/c1-39-18-20-41(21-19-39)27-14-16-40(17-15-27)26-12-10-24(11-13-26)35-33-30(31(34)43)37-29(23-6-3-2-4-7-23)32(38-33)36-25-8-5-9-28(42)22-25/h2-4,6-7,10-13,25,27-28,42H,5,8-9,14-22H2,1H3,(H2,34,43)(H2,35,36,38).